The van der Waals surface area contributed by atoms with E-state index in [1.54, 1.807) is 12.3 Å². The van der Waals surface area contributed by atoms with Crippen molar-refractivity contribution in [3.05, 3.63) is 35.8 Å². The summed E-state index contributed by atoms with van der Waals surface area (Å²) in [4.78, 5) is 10.9. The molecule has 0 N–H and O–H groups in total. The van der Waals surface area contributed by atoms with Crippen molar-refractivity contribution in [3.8, 4) is 0 Å². The fourth-order valence-corrected chi connectivity index (χ4v) is 1.07. The van der Waals surface area contributed by atoms with E-state index in [2.05, 4.69) is 0 Å². The van der Waals surface area contributed by atoms with Gasteiger partial charge in [0.2, 0.25) is 0 Å². The maximum atomic E-state index is 10.9. The Morgan fingerprint density at radius 3 is 3.10 bits per heavy atom. The van der Waals surface area contributed by atoms with Gasteiger partial charge in [-0.1, -0.05) is 0 Å². The van der Waals surface area contributed by atoms with Gasteiger partial charge in [-0.3, -0.25) is 4.79 Å². The molecule has 0 aromatic rings. The fraction of sp³-hybridized carbons (Fsp3) is 0.125. The quantitative estimate of drug-likeness (QED) is 0.499. The van der Waals surface area contributed by atoms with Crippen molar-refractivity contribution < 1.29 is 9.53 Å². The van der Waals surface area contributed by atoms with Crippen molar-refractivity contribution in [2.45, 2.75) is 6.42 Å². The second-order valence-corrected chi connectivity index (χ2v) is 2.23. The van der Waals surface area contributed by atoms with Gasteiger partial charge < -0.3 is 4.74 Å². The van der Waals surface area contributed by atoms with Crippen LogP contribution in [-0.2, 0) is 9.53 Å². The summed E-state index contributed by atoms with van der Waals surface area (Å²) in [5, 5.41) is 0. The van der Waals surface area contributed by atoms with Gasteiger partial charge >= 0.3 is 0 Å². The standard InChI is InChI=1S/C8H6O2/c9-7-3-4-8-6(7)2-1-5-10-8/h1,3-5H,2H2. The number of carbonyl (C=O) groups excluding carboxylic acids is 1. The molecule has 0 aromatic heterocycles. The highest BCUT2D eigenvalue weighted by Gasteiger charge is 2.19. The summed E-state index contributed by atoms with van der Waals surface area (Å²) in [5.41, 5.74) is 0.780. The molecule has 0 saturated heterocycles. The smallest absolute Gasteiger partial charge is 0.185 e. The second kappa shape index (κ2) is 1.84. The van der Waals surface area contributed by atoms with Gasteiger partial charge in [0.05, 0.1) is 6.26 Å². The number of hydrogen-bond acceptors (Lipinski definition) is 2. The third kappa shape index (κ3) is 0.620. The summed E-state index contributed by atoms with van der Waals surface area (Å²) in [6.45, 7) is 0. The summed E-state index contributed by atoms with van der Waals surface area (Å²) in [7, 11) is 0. The molecule has 1 heterocycles. The van der Waals surface area contributed by atoms with Crippen LogP contribution in [0.15, 0.2) is 35.8 Å². The van der Waals surface area contributed by atoms with Crippen LogP contribution in [0.3, 0.4) is 0 Å². The van der Waals surface area contributed by atoms with Gasteiger partial charge in [-0.15, -0.1) is 0 Å². The minimum absolute atomic E-state index is 0.0827. The molecule has 0 atom stereocenters. The highest BCUT2D eigenvalue weighted by Crippen LogP contribution is 2.23. The van der Waals surface area contributed by atoms with Gasteiger partial charge in [-0.05, 0) is 18.2 Å². The average molecular weight is 134 g/mol. The Balaban J connectivity index is 2.38. The molecular weight excluding hydrogens is 128 g/mol. The molecule has 0 fully saturated rings. The first-order valence-corrected chi connectivity index (χ1v) is 3.15. The van der Waals surface area contributed by atoms with Crippen LogP contribution in [0, 0.1) is 0 Å². The van der Waals surface area contributed by atoms with Crippen molar-refractivity contribution in [1.29, 1.82) is 0 Å². The number of allylic oxidation sites excluding steroid dienone is 4. The van der Waals surface area contributed by atoms with Crippen LogP contribution in [0.25, 0.3) is 0 Å². The molecule has 10 heavy (non-hydrogen) atoms. The second-order valence-electron chi connectivity index (χ2n) is 2.23. The Bertz CT molecular complexity index is 259. The highest BCUT2D eigenvalue weighted by molar-refractivity contribution is 6.07. The molecule has 0 spiro atoms. The minimum Gasteiger partial charge on any atom is -0.465 e. The summed E-state index contributed by atoms with van der Waals surface area (Å²) in [6.07, 6.45) is 7.41. The van der Waals surface area contributed by atoms with E-state index >= 15 is 0 Å². The topological polar surface area (TPSA) is 26.3 Å². The van der Waals surface area contributed by atoms with Crippen LogP contribution < -0.4 is 0 Å². The molecule has 0 saturated carbocycles. The lowest BCUT2D eigenvalue weighted by atomic mass is 10.1. The predicted molar refractivity (Wildman–Crippen MR) is 36.0 cm³/mol. The number of carbonyl (C=O) groups is 1. The van der Waals surface area contributed by atoms with E-state index in [0.717, 1.165) is 5.57 Å². The van der Waals surface area contributed by atoms with Crippen LogP contribution in [0.5, 0.6) is 0 Å². The molecule has 2 nitrogen and oxygen atoms in total. The van der Waals surface area contributed by atoms with Crippen molar-refractivity contribution in [1.82, 2.24) is 0 Å². The molecule has 0 bridgehead atoms. The molecule has 1 aliphatic carbocycles. The Hall–Kier alpha value is -1.31. The SMILES string of the molecule is O=C1C=CC2=C1CC=CO2. The maximum Gasteiger partial charge on any atom is 0.185 e. The molecule has 0 aromatic carbocycles. The first kappa shape index (κ1) is 5.47. The molecular formula is C8H6O2. The van der Waals surface area contributed by atoms with E-state index in [9.17, 15) is 4.79 Å². The highest BCUT2D eigenvalue weighted by atomic mass is 16.5. The average Bonchev–Trinajstić information content (AvgIpc) is 2.34. The Morgan fingerprint density at radius 2 is 2.30 bits per heavy atom. The van der Waals surface area contributed by atoms with E-state index in [1.165, 1.54) is 6.08 Å². The van der Waals surface area contributed by atoms with Crippen LogP contribution in [0.4, 0.5) is 0 Å². The normalized spacial score (nSPS) is 21.4. The van der Waals surface area contributed by atoms with Crippen molar-refractivity contribution in [2.75, 3.05) is 0 Å². The van der Waals surface area contributed by atoms with Crippen molar-refractivity contribution in [2.24, 2.45) is 0 Å². The van der Waals surface area contributed by atoms with E-state index in [-0.39, 0.29) is 5.78 Å². The van der Waals surface area contributed by atoms with Crippen molar-refractivity contribution in [3.63, 3.8) is 0 Å². The summed E-state index contributed by atoms with van der Waals surface area (Å²) < 4.78 is 5.06. The monoisotopic (exact) mass is 134 g/mol. The molecule has 0 radical (unpaired) electrons. The molecule has 2 aliphatic rings. The zero-order valence-electron chi connectivity index (χ0n) is 5.33. The van der Waals surface area contributed by atoms with Crippen LogP contribution in [0.2, 0.25) is 0 Å². The van der Waals surface area contributed by atoms with E-state index in [4.69, 9.17) is 4.74 Å². The first-order valence-electron chi connectivity index (χ1n) is 3.15. The maximum absolute atomic E-state index is 10.9. The Labute approximate surface area is 58.5 Å². The van der Waals surface area contributed by atoms with Gasteiger partial charge in [0.15, 0.2) is 5.78 Å². The number of ketones is 1. The van der Waals surface area contributed by atoms with Crippen molar-refractivity contribution >= 4 is 5.78 Å². The van der Waals surface area contributed by atoms with E-state index in [0.29, 0.717) is 12.2 Å². The van der Waals surface area contributed by atoms with Gasteiger partial charge in [-0.25, -0.2) is 0 Å². The summed E-state index contributed by atoms with van der Waals surface area (Å²) in [6, 6.07) is 0. The Kier molecular flexibility index (Phi) is 1.01. The fourth-order valence-electron chi connectivity index (χ4n) is 1.07. The number of ether oxygens (including phenoxy) is 1. The predicted octanol–water partition coefficient (Wildman–Crippen LogP) is 1.31. The molecule has 0 unspecified atom stereocenters. The third-order valence-electron chi connectivity index (χ3n) is 1.59. The zero-order valence-corrected chi connectivity index (χ0v) is 5.33. The molecule has 50 valence electrons. The van der Waals surface area contributed by atoms with Gasteiger partial charge in [0, 0.05) is 12.0 Å². The number of hydrogen-bond donors (Lipinski definition) is 0. The lowest BCUT2D eigenvalue weighted by Gasteiger charge is -2.06. The van der Waals surface area contributed by atoms with Gasteiger partial charge in [0.25, 0.3) is 0 Å². The molecule has 0 amide bonds. The number of rotatable bonds is 0. The zero-order chi connectivity index (χ0) is 6.97. The van der Waals surface area contributed by atoms with Gasteiger partial charge in [-0.2, -0.15) is 0 Å². The first-order chi connectivity index (χ1) is 4.88. The third-order valence-corrected chi connectivity index (χ3v) is 1.59. The molecule has 2 rings (SSSR count). The van der Waals surface area contributed by atoms with E-state index < -0.39 is 0 Å². The van der Waals surface area contributed by atoms with Crippen LogP contribution in [0.1, 0.15) is 6.42 Å². The minimum atomic E-state index is 0.0827. The lowest BCUT2D eigenvalue weighted by molar-refractivity contribution is -0.111. The molecule has 2 heteroatoms. The van der Waals surface area contributed by atoms with Gasteiger partial charge in [0.1, 0.15) is 5.76 Å². The van der Waals surface area contributed by atoms with E-state index in [1.807, 2.05) is 6.08 Å². The van der Waals surface area contributed by atoms with Crippen LogP contribution in [-0.4, -0.2) is 5.78 Å². The Morgan fingerprint density at radius 1 is 1.40 bits per heavy atom. The summed E-state index contributed by atoms with van der Waals surface area (Å²) in [5.74, 6) is 0.798. The lowest BCUT2D eigenvalue weighted by Crippen LogP contribution is -1.99. The largest absolute Gasteiger partial charge is 0.465 e. The summed E-state index contributed by atoms with van der Waals surface area (Å²) >= 11 is 0. The molecule has 1 aliphatic heterocycles. The van der Waals surface area contributed by atoms with Crippen LogP contribution >= 0.6 is 0 Å².